The summed E-state index contributed by atoms with van der Waals surface area (Å²) < 4.78 is 0. The molecule has 0 bridgehead atoms. The Morgan fingerprint density at radius 2 is 1.93 bits per heavy atom. The Morgan fingerprint density at radius 3 is 2.47 bits per heavy atom. The maximum absolute atomic E-state index is 10.9. The van der Waals surface area contributed by atoms with Gasteiger partial charge in [-0.3, -0.25) is 4.79 Å². The highest BCUT2D eigenvalue weighted by Gasteiger charge is 2.40. The van der Waals surface area contributed by atoms with Crippen molar-refractivity contribution in [2.24, 2.45) is 0 Å². The number of aryl methyl sites for hydroxylation is 2. The lowest BCUT2D eigenvalue weighted by Crippen LogP contribution is -2.12. The molecule has 0 aromatic heterocycles. The first-order valence-electron chi connectivity index (χ1n) is 5.32. The molecule has 1 aliphatic rings. The van der Waals surface area contributed by atoms with Crippen LogP contribution < -0.4 is 0 Å². The second-order valence-corrected chi connectivity index (χ2v) is 4.65. The molecule has 1 aliphatic carbocycles. The van der Waals surface area contributed by atoms with Crippen LogP contribution >= 0.6 is 0 Å². The number of carbonyl (C=O) groups excluding carboxylic acids is 1. The monoisotopic (exact) mass is 204 g/mol. The summed E-state index contributed by atoms with van der Waals surface area (Å²) in [5, 5.41) is 9.85. The molecule has 1 saturated carbocycles. The number of rotatable bonds is 3. The van der Waals surface area contributed by atoms with E-state index < -0.39 is 5.60 Å². The van der Waals surface area contributed by atoms with Crippen molar-refractivity contribution in [1.29, 1.82) is 0 Å². The zero-order valence-corrected chi connectivity index (χ0v) is 9.21. The molecule has 1 fully saturated rings. The Labute approximate surface area is 89.9 Å². The summed E-state index contributed by atoms with van der Waals surface area (Å²) in [7, 11) is 0. The van der Waals surface area contributed by atoms with E-state index in [9.17, 15) is 9.90 Å². The number of benzene rings is 1. The quantitative estimate of drug-likeness (QED) is 0.766. The highest BCUT2D eigenvalue weighted by Crippen LogP contribution is 2.39. The first-order valence-corrected chi connectivity index (χ1v) is 5.32. The van der Waals surface area contributed by atoms with Gasteiger partial charge in [-0.05, 0) is 49.4 Å². The molecule has 0 spiro atoms. The fourth-order valence-electron chi connectivity index (χ4n) is 1.84. The molecule has 80 valence electrons. The first kappa shape index (κ1) is 10.4. The van der Waals surface area contributed by atoms with Crippen molar-refractivity contribution in [2.45, 2.75) is 38.7 Å². The lowest BCUT2D eigenvalue weighted by Gasteiger charge is -2.12. The Kier molecular flexibility index (Phi) is 2.39. The molecule has 0 aliphatic heterocycles. The SMILES string of the molecule is Cc1cc(C=O)c(CC2(O)CC2)cc1C. The Hall–Kier alpha value is -1.15. The predicted octanol–water partition coefficient (Wildman–Crippen LogP) is 2.18. The zero-order valence-electron chi connectivity index (χ0n) is 9.21. The van der Waals surface area contributed by atoms with Crippen molar-refractivity contribution in [2.75, 3.05) is 0 Å². The van der Waals surface area contributed by atoms with Gasteiger partial charge < -0.3 is 5.11 Å². The summed E-state index contributed by atoms with van der Waals surface area (Å²) in [6, 6.07) is 3.93. The van der Waals surface area contributed by atoms with Gasteiger partial charge in [0.1, 0.15) is 6.29 Å². The molecule has 0 saturated heterocycles. The van der Waals surface area contributed by atoms with Crippen LogP contribution in [0.3, 0.4) is 0 Å². The normalized spacial score (nSPS) is 17.5. The van der Waals surface area contributed by atoms with E-state index >= 15 is 0 Å². The number of aliphatic hydroxyl groups is 1. The molecular weight excluding hydrogens is 188 g/mol. The van der Waals surface area contributed by atoms with Gasteiger partial charge in [0, 0.05) is 12.0 Å². The molecule has 1 aromatic carbocycles. The highest BCUT2D eigenvalue weighted by molar-refractivity contribution is 5.78. The minimum atomic E-state index is -0.528. The van der Waals surface area contributed by atoms with Gasteiger partial charge >= 0.3 is 0 Å². The smallest absolute Gasteiger partial charge is 0.150 e. The number of aldehydes is 1. The fourth-order valence-corrected chi connectivity index (χ4v) is 1.84. The standard InChI is InChI=1S/C13H16O2/c1-9-5-11(7-13(15)3-4-13)12(8-14)6-10(9)2/h5-6,8,15H,3-4,7H2,1-2H3. The Morgan fingerprint density at radius 1 is 1.33 bits per heavy atom. The van der Waals surface area contributed by atoms with Crippen LogP contribution in [-0.2, 0) is 6.42 Å². The van der Waals surface area contributed by atoms with Crippen LogP contribution in [0.1, 0.15) is 39.9 Å². The summed E-state index contributed by atoms with van der Waals surface area (Å²) >= 11 is 0. The Balaban J connectivity index is 2.36. The number of hydrogen-bond donors (Lipinski definition) is 1. The topological polar surface area (TPSA) is 37.3 Å². The van der Waals surface area contributed by atoms with Gasteiger partial charge in [0.15, 0.2) is 0 Å². The van der Waals surface area contributed by atoms with Crippen molar-refractivity contribution in [3.05, 3.63) is 34.4 Å². The van der Waals surface area contributed by atoms with Gasteiger partial charge in [-0.15, -0.1) is 0 Å². The summed E-state index contributed by atoms with van der Waals surface area (Å²) in [6.45, 7) is 4.03. The summed E-state index contributed by atoms with van der Waals surface area (Å²) in [4.78, 5) is 10.9. The van der Waals surface area contributed by atoms with Crippen molar-refractivity contribution >= 4 is 6.29 Å². The van der Waals surface area contributed by atoms with Crippen molar-refractivity contribution < 1.29 is 9.90 Å². The molecule has 2 rings (SSSR count). The van der Waals surface area contributed by atoms with Crippen LogP contribution in [0.4, 0.5) is 0 Å². The molecule has 0 radical (unpaired) electrons. The van der Waals surface area contributed by atoms with E-state index in [1.165, 1.54) is 5.56 Å². The van der Waals surface area contributed by atoms with E-state index in [0.717, 1.165) is 35.8 Å². The van der Waals surface area contributed by atoms with Gasteiger partial charge in [0.05, 0.1) is 5.60 Å². The number of carbonyl (C=O) groups is 1. The molecule has 2 heteroatoms. The molecule has 1 N–H and O–H groups in total. The summed E-state index contributed by atoms with van der Waals surface area (Å²) in [5.74, 6) is 0. The van der Waals surface area contributed by atoms with Crippen LogP contribution in [0.15, 0.2) is 12.1 Å². The largest absolute Gasteiger partial charge is 0.390 e. The van der Waals surface area contributed by atoms with Gasteiger partial charge in [-0.1, -0.05) is 6.07 Å². The molecule has 0 atom stereocenters. The van der Waals surface area contributed by atoms with E-state index in [1.54, 1.807) is 0 Å². The molecule has 0 heterocycles. The summed E-state index contributed by atoms with van der Waals surface area (Å²) in [6.07, 6.45) is 3.21. The number of hydrogen-bond acceptors (Lipinski definition) is 2. The third-order valence-electron chi connectivity index (χ3n) is 3.23. The third-order valence-corrected chi connectivity index (χ3v) is 3.23. The first-order chi connectivity index (χ1) is 7.04. The molecular formula is C13H16O2. The van der Waals surface area contributed by atoms with E-state index in [2.05, 4.69) is 0 Å². The zero-order chi connectivity index (χ0) is 11.1. The third kappa shape index (κ3) is 2.10. The Bertz CT molecular complexity index is 403. The van der Waals surface area contributed by atoms with E-state index in [0.29, 0.717) is 6.42 Å². The van der Waals surface area contributed by atoms with E-state index in [4.69, 9.17) is 0 Å². The van der Waals surface area contributed by atoms with Gasteiger partial charge in [0.2, 0.25) is 0 Å². The highest BCUT2D eigenvalue weighted by atomic mass is 16.3. The van der Waals surface area contributed by atoms with Crippen LogP contribution in [0.25, 0.3) is 0 Å². The molecule has 15 heavy (non-hydrogen) atoms. The van der Waals surface area contributed by atoms with Gasteiger partial charge in [0.25, 0.3) is 0 Å². The second-order valence-electron chi connectivity index (χ2n) is 4.65. The van der Waals surface area contributed by atoms with Crippen molar-refractivity contribution in [1.82, 2.24) is 0 Å². The fraction of sp³-hybridized carbons (Fsp3) is 0.462. The van der Waals surface area contributed by atoms with E-state index in [-0.39, 0.29) is 0 Å². The van der Waals surface area contributed by atoms with Crippen molar-refractivity contribution in [3.8, 4) is 0 Å². The lowest BCUT2D eigenvalue weighted by molar-refractivity contribution is 0.112. The molecule has 0 unspecified atom stereocenters. The van der Waals surface area contributed by atoms with Crippen LogP contribution in [0.5, 0.6) is 0 Å². The molecule has 1 aromatic rings. The predicted molar refractivity (Wildman–Crippen MR) is 59.2 cm³/mol. The minimum absolute atomic E-state index is 0.528. The lowest BCUT2D eigenvalue weighted by atomic mass is 9.96. The average Bonchev–Trinajstić information content (AvgIpc) is 2.89. The van der Waals surface area contributed by atoms with E-state index in [1.807, 2.05) is 26.0 Å². The average molecular weight is 204 g/mol. The summed E-state index contributed by atoms with van der Waals surface area (Å²) in [5.41, 5.74) is 3.48. The molecule has 2 nitrogen and oxygen atoms in total. The van der Waals surface area contributed by atoms with Crippen LogP contribution in [0, 0.1) is 13.8 Å². The minimum Gasteiger partial charge on any atom is -0.390 e. The maximum Gasteiger partial charge on any atom is 0.150 e. The second kappa shape index (κ2) is 3.46. The molecule has 0 amide bonds. The maximum atomic E-state index is 10.9. The van der Waals surface area contributed by atoms with Gasteiger partial charge in [-0.25, -0.2) is 0 Å². The van der Waals surface area contributed by atoms with Crippen molar-refractivity contribution in [3.63, 3.8) is 0 Å². The van der Waals surface area contributed by atoms with Crippen LogP contribution in [0.2, 0.25) is 0 Å². The van der Waals surface area contributed by atoms with Gasteiger partial charge in [-0.2, -0.15) is 0 Å². The van der Waals surface area contributed by atoms with Crippen LogP contribution in [-0.4, -0.2) is 17.0 Å².